The van der Waals surface area contributed by atoms with Crippen molar-refractivity contribution in [2.75, 3.05) is 5.75 Å². The fourth-order valence-electron chi connectivity index (χ4n) is 4.78. The Bertz CT molecular complexity index is 1730. The lowest BCUT2D eigenvalue weighted by molar-refractivity contribution is -0.147. The summed E-state index contributed by atoms with van der Waals surface area (Å²) < 4.78 is 11.4. The first kappa shape index (κ1) is 29.4. The molecule has 1 unspecified atom stereocenters. The number of hydrogen-bond donors (Lipinski definition) is 1. The summed E-state index contributed by atoms with van der Waals surface area (Å²) in [5, 5.41) is 15.6. The van der Waals surface area contributed by atoms with Gasteiger partial charge in [0.05, 0.1) is 18.5 Å². The van der Waals surface area contributed by atoms with Crippen LogP contribution >= 0.6 is 23.4 Å². The number of hydrogen-bond acceptors (Lipinski definition) is 6. The van der Waals surface area contributed by atoms with Gasteiger partial charge in [0.15, 0.2) is 5.76 Å². The predicted molar refractivity (Wildman–Crippen MR) is 168 cm³/mol. The van der Waals surface area contributed by atoms with Crippen molar-refractivity contribution in [1.29, 1.82) is 0 Å². The standard InChI is InChI=1S/C34H30ClNO5S/c1-21-30(19-33(39)40-22(2)29-5-3-4-6-31(29)35)34(41-36-21)28-14-13-26-17-25(11-12-27(26)18-28)24-9-7-23(8-10-24)20-42-16-15-32(37)38/h3-14,17-18,22H,15-16,19-20H2,1-2H3,(H,37,38). The van der Waals surface area contributed by atoms with Gasteiger partial charge in [0.25, 0.3) is 0 Å². The summed E-state index contributed by atoms with van der Waals surface area (Å²) >= 11 is 7.89. The number of aliphatic carboxylic acids is 1. The van der Waals surface area contributed by atoms with Crippen LogP contribution in [0.15, 0.2) is 89.5 Å². The third-order valence-electron chi connectivity index (χ3n) is 7.08. The number of rotatable bonds is 11. The number of carboxylic acid groups (broad SMARTS) is 1. The van der Waals surface area contributed by atoms with Gasteiger partial charge < -0.3 is 14.4 Å². The Hall–Kier alpha value is -4.07. The van der Waals surface area contributed by atoms with Gasteiger partial charge in [-0.2, -0.15) is 11.8 Å². The van der Waals surface area contributed by atoms with E-state index in [-0.39, 0.29) is 18.8 Å². The molecule has 1 heterocycles. The number of thioether (sulfide) groups is 1. The molecular formula is C34H30ClNO5S. The van der Waals surface area contributed by atoms with Crippen LogP contribution in [0.25, 0.3) is 33.2 Å². The van der Waals surface area contributed by atoms with Crippen molar-refractivity contribution in [1.82, 2.24) is 5.16 Å². The third kappa shape index (κ3) is 7.04. The highest BCUT2D eigenvalue weighted by Gasteiger charge is 2.21. The number of carboxylic acids is 1. The van der Waals surface area contributed by atoms with Crippen molar-refractivity contribution in [3.8, 4) is 22.5 Å². The van der Waals surface area contributed by atoms with Gasteiger partial charge in [0.1, 0.15) is 6.10 Å². The first-order chi connectivity index (χ1) is 20.3. The van der Waals surface area contributed by atoms with E-state index in [1.807, 2.05) is 43.3 Å². The predicted octanol–water partition coefficient (Wildman–Crippen LogP) is 8.68. The van der Waals surface area contributed by atoms with E-state index in [1.165, 1.54) is 5.56 Å². The number of nitrogens with zero attached hydrogens (tertiary/aromatic N) is 1. The summed E-state index contributed by atoms with van der Waals surface area (Å²) in [6.45, 7) is 3.62. The summed E-state index contributed by atoms with van der Waals surface area (Å²) in [5.74, 6) is 0.793. The summed E-state index contributed by atoms with van der Waals surface area (Å²) in [7, 11) is 0. The molecule has 1 atom stereocenters. The molecule has 4 aromatic carbocycles. The topological polar surface area (TPSA) is 89.6 Å². The van der Waals surface area contributed by atoms with E-state index in [2.05, 4.69) is 47.6 Å². The van der Waals surface area contributed by atoms with Gasteiger partial charge in [0.2, 0.25) is 0 Å². The fraction of sp³-hybridized carbons (Fsp3) is 0.206. The second kappa shape index (κ2) is 13.3. The van der Waals surface area contributed by atoms with Crippen molar-refractivity contribution in [2.45, 2.75) is 38.5 Å². The molecule has 0 radical (unpaired) electrons. The maximum Gasteiger partial charge on any atom is 0.311 e. The van der Waals surface area contributed by atoms with Gasteiger partial charge in [-0.05, 0) is 59.5 Å². The van der Waals surface area contributed by atoms with Crippen molar-refractivity contribution < 1.29 is 24.0 Å². The van der Waals surface area contributed by atoms with E-state index in [0.717, 1.165) is 38.8 Å². The molecule has 6 nitrogen and oxygen atoms in total. The zero-order valence-corrected chi connectivity index (χ0v) is 24.9. The summed E-state index contributed by atoms with van der Waals surface area (Å²) in [5.41, 5.74) is 6.31. The zero-order chi connectivity index (χ0) is 29.6. The van der Waals surface area contributed by atoms with E-state index >= 15 is 0 Å². The van der Waals surface area contributed by atoms with Gasteiger partial charge in [-0.15, -0.1) is 0 Å². The van der Waals surface area contributed by atoms with E-state index < -0.39 is 12.1 Å². The molecule has 0 saturated carbocycles. The van der Waals surface area contributed by atoms with Gasteiger partial charge in [-0.3, -0.25) is 9.59 Å². The van der Waals surface area contributed by atoms with Crippen LogP contribution in [0.1, 0.15) is 41.8 Å². The first-order valence-corrected chi connectivity index (χ1v) is 15.1. The molecule has 42 heavy (non-hydrogen) atoms. The Morgan fingerprint density at radius 3 is 2.33 bits per heavy atom. The smallest absolute Gasteiger partial charge is 0.311 e. The van der Waals surface area contributed by atoms with E-state index in [0.29, 0.717) is 27.8 Å². The average Bonchev–Trinajstić information content (AvgIpc) is 3.34. The SMILES string of the molecule is Cc1noc(-c2ccc3cc(-c4ccc(CSCCC(=O)O)cc4)ccc3c2)c1CC(=O)OC(C)c1ccccc1Cl. The van der Waals surface area contributed by atoms with Crippen LogP contribution in [0.2, 0.25) is 5.02 Å². The van der Waals surface area contributed by atoms with E-state index in [1.54, 1.807) is 24.8 Å². The maximum absolute atomic E-state index is 12.9. The quantitative estimate of drug-likeness (QED) is 0.120. The number of esters is 1. The van der Waals surface area contributed by atoms with Crippen molar-refractivity contribution >= 4 is 46.1 Å². The minimum absolute atomic E-state index is 0.0322. The number of halogens is 1. The highest BCUT2D eigenvalue weighted by molar-refractivity contribution is 7.98. The minimum Gasteiger partial charge on any atom is -0.481 e. The van der Waals surface area contributed by atoms with E-state index in [4.69, 9.17) is 26.0 Å². The van der Waals surface area contributed by atoms with Gasteiger partial charge >= 0.3 is 11.9 Å². The Balaban J connectivity index is 1.29. The Labute approximate surface area is 253 Å². The normalized spacial score (nSPS) is 11.9. The van der Waals surface area contributed by atoms with Crippen molar-refractivity contribution in [3.63, 3.8) is 0 Å². The molecule has 0 aliphatic carbocycles. The zero-order valence-electron chi connectivity index (χ0n) is 23.3. The third-order valence-corrected chi connectivity index (χ3v) is 8.45. The molecule has 1 N–H and O–H groups in total. The van der Waals surface area contributed by atoms with Crippen LogP contribution in [0.5, 0.6) is 0 Å². The molecule has 0 aliphatic rings. The van der Waals surface area contributed by atoms with Crippen LogP contribution in [-0.4, -0.2) is 28.0 Å². The Morgan fingerprint density at radius 2 is 1.62 bits per heavy atom. The molecule has 0 fully saturated rings. The number of benzene rings is 4. The lowest BCUT2D eigenvalue weighted by Crippen LogP contribution is -2.12. The van der Waals surface area contributed by atoms with Crippen molar-refractivity contribution in [3.05, 3.63) is 112 Å². The number of fused-ring (bicyclic) bond motifs is 1. The summed E-state index contributed by atoms with van der Waals surface area (Å²) in [6, 6.07) is 28.1. The lowest BCUT2D eigenvalue weighted by atomic mass is 9.97. The average molecular weight is 600 g/mol. The molecule has 8 heteroatoms. The maximum atomic E-state index is 12.9. The molecule has 0 spiro atoms. The molecule has 0 aliphatic heterocycles. The molecule has 0 amide bonds. The van der Waals surface area contributed by atoms with Crippen LogP contribution in [0, 0.1) is 6.92 Å². The molecule has 1 aromatic heterocycles. The summed E-state index contributed by atoms with van der Waals surface area (Å²) in [4.78, 5) is 23.6. The van der Waals surface area contributed by atoms with Gasteiger partial charge in [-0.1, -0.05) is 83.5 Å². The van der Waals surface area contributed by atoms with Crippen LogP contribution < -0.4 is 0 Å². The van der Waals surface area contributed by atoms with Crippen LogP contribution in [0.3, 0.4) is 0 Å². The summed E-state index contributed by atoms with van der Waals surface area (Å²) in [6.07, 6.45) is -0.275. The number of aryl methyl sites for hydroxylation is 1. The minimum atomic E-state index is -0.766. The second-order valence-corrected chi connectivity index (χ2v) is 11.6. The lowest BCUT2D eigenvalue weighted by Gasteiger charge is -2.15. The van der Waals surface area contributed by atoms with E-state index in [9.17, 15) is 9.59 Å². The largest absolute Gasteiger partial charge is 0.481 e. The molecule has 5 aromatic rings. The number of carbonyl (C=O) groups excluding carboxylic acids is 1. The molecular weight excluding hydrogens is 570 g/mol. The Morgan fingerprint density at radius 1 is 0.952 bits per heavy atom. The monoisotopic (exact) mass is 599 g/mol. The molecule has 0 saturated heterocycles. The molecule has 214 valence electrons. The highest BCUT2D eigenvalue weighted by Crippen LogP contribution is 2.33. The van der Waals surface area contributed by atoms with Crippen molar-refractivity contribution in [2.24, 2.45) is 0 Å². The second-order valence-electron chi connectivity index (χ2n) is 10.1. The van der Waals surface area contributed by atoms with Crippen LogP contribution in [0.4, 0.5) is 0 Å². The molecule has 0 bridgehead atoms. The highest BCUT2D eigenvalue weighted by atomic mass is 35.5. The van der Waals surface area contributed by atoms with Gasteiger partial charge in [-0.25, -0.2) is 0 Å². The fourth-order valence-corrected chi connectivity index (χ4v) is 5.97. The Kier molecular flexibility index (Phi) is 9.30. The van der Waals surface area contributed by atoms with Gasteiger partial charge in [0, 0.05) is 33.2 Å². The molecule has 5 rings (SSSR count). The number of ether oxygens (including phenoxy) is 1. The number of carbonyl (C=O) groups is 2. The van der Waals surface area contributed by atoms with Crippen LogP contribution in [-0.2, 0) is 26.5 Å². The first-order valence-electron chi connectivity index (χ1n) is 13.6. The number of aromatic nitrogens is 1.